The first-order valence-electron chi connectivity index (χ1n) is 12.8. The summed E-state index contributed by atoms with van der Waals surface area (Å²) in [7, 11) is 0. The molecule has 0 bridgehead atoms. The standard InChI is InChI=1S/C30H29BrN2O5/c1-19-11-25(34)24(16-33-9-7-32(8-10-33)15-20-5-3-2-4-6-20)30-27(19)28(35)26(38-30)14-21-12-23(31)13-22-17-36-18-37-29(21)22/h2-6,11-14,34H,7-10,15-18H2,1H3/b26-14-. The minimum Gasteiger partial charge on any atom is -0.507 e. The second kappa shape index (κ2) is 10.5. The molecule has 7 nitrogen and oxygen atoms in total. The van der Waals surface area contributed by atoms with Crippen molar-refractivity contribution in [1.29, 1.82) is 0 Å². The summed E-state index contributed by atoms with van der Waals surface area (Å²) in [6.45, 7) is 7.49. The Morgan fingerprint density at radius 3 is 2.50 bits per heavy atom. The van der Waals surface area contributed by atoms with Crippen molar-refractivity contribution in [3.05, 3.63) is 92.1 Å². The van der Waals surface area contributed by atoms with Crippen LogP contribution in [-0.2, 0) is 24.4 Å². The molecule has 1 N–H and O–H groups in total. The van der Waals surface area contributed by atoms with Crippen LogP contribution in [0.2, 0.25) is 0 Å². The smallest absolute Gasteiger partial charge is 0.232 e. The van der Waals surface area contributed by atoms with Gasteiger partial charge in [0.05, 0.1) is 17.7 Å². The molecule has 38 heavy (non-hydrogen) atoms. The number of aryl methyl sites for hydroxylation is 1. The Kier molecular flexibility index (Phi) is 6.97. The fourth-order valence-corrected chi connectivity index (χ4v) is 5.88. The van der Waals surface area contributed by atoms with Crippen LogP contribution >= 0.6 is 15.9 Å². The third-order valence-electron chi connectivity index (χ3n) is 7.31. The highest BCUT2D eigenvalue weighted by Gasteiger charge is 2.34. The number of hydrogen-bond acceptors (Lipinski definition) is 7. The lowest BCUT2D eigenvalue weighted by molar-refractivity contribution is -0.0165. The molecule has 0 amide bonds. The lowest BCUT2D eigenvalue weighted by Crippen LogP contribution is -2.45. The van der Waals surface area contributed by atoms with Gasteiger partial charge in [0.1, 0.15) is 17.2 Å². The molecule has 0 atom stereocenters. The summed E-state index contributed by atoms with van der Waals surface area (Å²) in [4.78, 5) is 18.2. The van der Waals surface area contributed by atoms with E-state index < -0.39 is 0 Å². The second-order valence-corrected chi connectivity index (χ2v) is 10.9. The van der Waals surface area contributed by atoms with Gasteiger partial charge in [-0.25, -0.2) is 0 Å². The number of phenols is 1. The SMILES string of the molecule is Cc1cc(O)c(CN2CCN(Cc3ccccc3)CC2)c2c1C(=O)/C(=C/c1cc(Br)cc3c1OCOC3)O2. The molecule has 0 spiro atoms. The zero-order valence-corrected chi connectivity index (χ0v) is 22.8. The van der Waals surface area contributed by atoms with Crippen LogP contribution in [0.15, 0.2) is 58.8 Å². The maximum absolute atomic E-state index is 13.5. The number of carbonyl (C=O) groups is 1. The third-order valence-corrected chi connectivity index (χ3v) is 7.76. The molecule has 3 aliphatic rings. The Labute approximate surface area is 230 Å². The molecule has 0 saturated carbocycles. The summed E-state index contributed by atoms with van der Waals surface area (Å²) < 4.78 is 18.2. The van der Waals surface area contributed by atoms with Gasteiger partial charge in [0.15, 0.2) is 12.6 Å². The summed E-state index contributed by atoms with van der Waals surface area (Å²) in [5, 5.41) is 10.9. The van der Waals surface area contributed by atoms with Gasteiger partial charge in [0.25, 0.3) is 0 Å². The van der Waals surface area contributed by atoms with Crippen molar-refractivity contribution >= 4 is 27.8 Å². The molecule has 0 unspecified atom stereocenters. The molecule has 8 heteroatoms. The van der Waals surface area contributed by atoms with E-state index in [1.807, 2.05) is 25.1 Å². The van der Waals surface area contributed by atoms with E-state index in [2.05, 4.69) is 50.0 Å². The number of ketones is 1. The number of Topliss-reactive ketones (excluding diaryl/α,β-unsaturated/α-hetero) is 1. The Morgan fingerprint density at radius 2 is 1.74 bits per heavy atom. The number of halogens is 1. The Bertz CT molecular complexity index is 1410. The predicted octanol–water partition coefficient (Wildman–Crippen LogP) is 5.26. The van der Waals surface area contributed by atoms with Gasteiger partial charge in [-0.05, 0) is 42.3 Å². The van der Waals surface area contributed by atoms with Crippen LogP contribution in [0.3, 0.4) is 0 Å². The van der Waals surface area contributed by atoms with E-state index in [1.165, 1.54) is 5.56 Å². The Balaban J connectivity index is 1.22. The molecule has 3 aliphatic heterocycles. The number of phenolic OH excluding ortho intramolecular Hbond substituents is 1. The minimum absolute atomic E-state index is 0.155. The highest BCUT2D eigenvalue weighted by Crippen LogP contribution is 2.43. The van der Waals surface area contributed by atoms with E-state index in [4.69, 9.17) is 14.2 Å². The Morgan fingerprint density at radius 1 is 1.00 bits per heavy atom. The van der Waals surface area contributed by atoms with E-state index >= 15 is 0 Å². The van der Waals surface area contributed by atoms with Crippen LogP contribution in [-0.4, -0.2) is 53.7 Å². The fraction of sp³-hybridized carbons (Fsp3) is 0.300. The van der Waals surface area contributed by atoms with Crippen LogP contribution in [0.5, 0.6) is 17.2 Å². The first-order chi connectivity index (χ1) is 18.5. The average molecular weight is 577 g/mol. The van der Waals surface area contributed by atoms with Gasteiger partial charge in [-0.2, -0.15) is 0 Å². The van der Waals surface area contributed by atoms with Crippen molar-refractivity contribution in [3.63, 3.8) is 0 Å². The van der Waals surface area contributed by atoms with Crippen molar-refractivity contribution in [2.24, 2.45) is 0 Å². The fourth-order valence-electron chi connectivity index (χ4n) is 5.36. The van der Waals surface area contributed by atoms with Gasteiger partial charge in [-0.15, -0.1) is 0 Å². The molecule has 196 valence electrons. The summed E-state index contributed by atoms with van der Waals surface area (Å²) in [5.74, 6) is 1.33. The molecule has 1 fully saturated rings. The number of ether oxygens (including phenoxy) is 3. The van der Waals surface area contributed by atoms with Gasteiger partial charge in [0, 0.05) is 54.9 Å². The van der Waals surface area contributed by atoms with E-state index in [0.717, 1.165) is 48.3 Å². The normalized spacial score (nSPS) is 18.7. The number of nitrogens with zero attached hydrogens (tertiary/aromatic N) is 2. The molecule has 0 radical (unpaired) electrons. The third kappa shape index (κ3) is 4.97. The lowest BCUT2D eigenvalue weighted by atomic mass is 9.98. The molecular weight excluding hydrogens is 548 g/mol. The average Bonchev–Trinajstić information content (AvgIpc) is 3.24. The molecule has 0 aliphatic carbocycles. The number of fused-ring (bicyclic) bond motifs is 2. The van der Waals surface area contributed by atoms with Crippen LogP contribution < -0.4 is 9.47 Å². The largest absolute Gasteiger partial charge is 0.507 e. The first-order valence-corrected chi connectivity index (χ1v) is 13.6. The minimum atomic E-state index is -0.188. The highest BCUT2D eigenvalue weighted by atomic mass is 79.9. The summed E-state index contributed by atoms with van der Waals surface area (Å²) >= 11 is 3.54. The van der Waals surface area contributed by atoms with E-state index in [9.17, 15) is 9.90 Å². The van der Waals surface area contributed by atoms with Crippen molar-refractivity contribution in [2.75, 3.05) is 33.0 Å². The Hall–Kier alpha value is -3.17. The zero-order chi connectivity index (χ0) is 26.2. The second-order valence-electron chi connectivity index (χ2n) is 9.97. The highest BCUT2D eigenvalue weighted by molar-refractivity contribution is 9.10. The van der Waals surface area contributed by atoms with Gasteiger partial charge in [-0.3, -0.25) is 14.6 Å². The van der Waals surface area contributed by atoms with E-state index in [1.54, 1.807) is 12.1 Å². The van der Waals surface area contributed by atoms with Crippen LogP contribution in [0.4, 0.5) is 0 Å². The number of piperazine rings is 1. The topological polar surface area (TPSA) is 71.5 Å². The summed E-state index contributed by atoms with van der Waals surface area (Å²) in [6, 6.07) is 16.0. The number of allylic oxidation sites excluding steroid dienone is 1. The monoisotopic (exact) mass is 576 g/mol. The van der Waals surface area contributed by atoms with Crippen LogP contribution in [0, 0.1) is 6.92 Å². The van der Waals surface area contributed by atoms with Crippen molar-refractivity contribution in [2.45, 2.75) is 26.6 Å². The number of rotatable bonds is 5. The van der Waals surface area contributed by atoms with Crippen LogP contribution in [0.25, 0.3) is 6.08 Å². The molecule has 0 aromatic heterocycles. The number of carbonyl (C=O) groups excluding carboxylic acids is 1. The van der Waals surface area contributed by atoms with Gasteiger partial charge < -0.3 is 19.3 Å². The molecular formula is C30H29BrN2O5. The predicted molar refractivity (Wildman–Crippen MR) is 147 cm³/mol. The molecule has 1 saturated heterocycles. The van der Waals surface area contributed by atoms with Crippen LogP contribution in [0.1, 0.15) is 38.2 Å². The van der Waals surface area contributed by atoms with Gasteiger partial charge in [-0.1, -0.05) is 46.3 Å². The number of benzene rings is 3. The number of aromatic hydroxyl groups is 1. The maximum atomic E-state index is 13.5. The summed E-state index contributed by atoms with van der Waals surface area (Å²) in [6.07, 6.45) is 1.72. The summed E-state index contributed by atoms with van der Waals surface area (Å²) in [5.41, 5.74) is 4.82. The first kappa shape index (κ1) is 25.1. The molecule has 3 heterocycles. The maximum Gasteiger partial charge on any atom is 0.232 e. The van der Waals surface area contributed by atoms with E-state index in [-0.39, 0.29) is 24.1 Å². The van der Waals surface area contributed by atoms with Crippen molar-refractivity contribution < 1.29 is 24.1 Å². The van der Waals surface area contributed by atoms with Crippen molar-refractivity contribution in [1.82, 2.24) is 9.80 Å². The quantitative estimate of drug-likeness (QED) is 0.415. The van der Waals surface area contributed by atoms with E-state index in [0.29, 0.717) is 41.3 Å². The molecule has 3 aromatic carbocycles. The molecule has 6 rings (SSSR count). The lowest BCUT2D eigenvalue weighted by Gasteiger charge is -2.35. The number of hydrogen-bond donors (Lipinski definition) is 1. The zero-order valence-electron chi connectivity index (χ0n) is 21.2. The van der Waals surface area contributed by atoms with Gasteiger partial charge >= 0.3 is 0 Å². The molecule has 3 aromatic rings. The van der Waals surface area contributed by atoms with Gasteiger partial charge in [0.2, 0.25) is 5.78 Å². The van der Waals surface area contributed by atoms with Crippen molar-refractivity contribution in [3.8, 4) is 17.2 Å².